The van der Waals surface area contributed by atoms with Crippen LogP contribution < -0.4 is 0 Å². The van der Waals surface area contributed by atoms with Crippen LogP contribution in [0.2, 0.25) is 0 Å². The summed E-state index contributed by atoms with van der Waals surface area (Å²) in [6, 6.07) is 5.72. The Kier molecular flexibility index (Phi) is 2.94. The number of nitrogens with one attached hydrogen (secondary N) is 1. The van der Waals surface area contributed by atoms with Crippen LogP contribution in [0.25, 0.3) is 22.0 Å². The summed E-state index contributed by atoms with van der Waals surface area (Å²) in [5, 5.41) is 1.10. The van der Waals surface area contributed by atoms with E-state index in [0.717, 1.165) is 27.8 Å². The largest absolute Gasteiger partial charge is 0.463 e. The van der Waals surface area contributed by atoms with E-state index in [2.05, 4.69) is 19.9 Å². The molecule has 0 aliphatic heterocycles. The molecule has 0 atom stereocenters. The molecule has 0 fully saturated rings. The fourth-order valence-electron chi connectivity index (χ4n) is 1.79. The molecule has 4 aromatic rings. The van der Waals surface area contributed by atoms with Crippen LogP contribution in [-0.2, 0) is 0 Å². The van der Waals surface area contributed by atoms with E-state index in [4.69, 9.17) is 4.42 Å². The van der Waals surface area contributed by atoms with Gasteiger partial charge in [0.05, 0.1) is 29.7 Å². The van der Waals surface area contributed by atoms with Crippen molar-refractivity contribution in [1.82, 2.24) is 19.9 Å². The van der Waals surface area contributed by atoms with Crippen molar-refractivity contribution >= 4 is 22.0 Å². The summed E-state index contributed by atoms with van der Waals surface area (Å²) in [5.41, 5.74) is 2.82. The van der Waals surface area contributed by atoms with Gasteiger partial charge in [-0.1, -0.05) is 0 Å². The monoisotopic (exact) mass is 252 g/mol. The molecule has 0 aromatic carbocycles. The summed E-state index contributed by atoms with van der Waals surface area (Å²) in [6.07, 6.45) is 8.62. The van der Waals surface area contributed by atoms with Gasteiger partial charge in [-0.05, 0) is 25.1 Å². The molecule has 1 N–H and O–H groups in total. The first-order valence-electron chi connectivity index (χ1n) is 5.86. The first-order chi connectivity index (χ1) is 9.33. The van der Waals surface area contributed by atoms with Gasteiger partial charge in [-0.25, -0.2) is 4.98 Å². The van der Waals surface area contributed by atoms with Crippen LogP contribution in [0, 0.1) is 6.92 Å². The minimum absolute atomic E-state index is 0.845. The Hall–Kier alpha value is -2.69. The van der Waals surface area contributed by atoms with Crippen LogP contribution in [0.1, 0.15) is 5.82 Å². The Morgan fingerprint density at radius 2 is 1.89 bits per heavy atom. The van der Waals surface area contributed by atoms with E-state index in [1.807, 2.05) is 25.1 Å². The third-order valence-electron chi connectivity index (χ3n) is 2.66. The number of hydrogen-bond donors (Lipinski definition) is 1. The van der Waals surface area contributed by atoms with Gasteiger partial charge in [0.15, 0.2) is 5.58 Å². The molecular weight excluding hydrogens is 240 g/mol. The van der Waals surface area contributed by atoms with Gasteiger partial charge in [-0.15, -0.1) is 0 Å². The average molecular weight is 252 g/mol. The van der Waals surface area contributed by atoms with Gasteiger partial charge in [-0.3, -0.25) is 9.97 Å². The third kappa shape index (κ3) is 2.44. The van der Waals surface area contributed by atoms with Crippen molar-refractivity contribution in [2.24, 2.45) is 0 Å². The lowest BCUT2D eigenvalue weighted by Crippen LogP contribution is -1.69. The van der Waals surface area contributed by atoms with Crippen molar-refractivity contribution in [3.8, 4) is 0 Å². The number of aryl methyl sites for hydroxylation is 1. The van der Waals surface area contributed by atoms with Crippen LogP contribution >= 0.6 is 0 Å². The smallest absolute Gasteiger partial charge is 0.152 e. The second-order valence-corrected chi connectivity index (χ2v) is 4.05. The van der Waals surface area contributed by atoms with Crippen molar-refractivity contribution in [3.63, 3.8) is 0 Å². The van der Waals surface area contributed by atoms with Gasteiger partial charge in [0.25, 0.3) is 0 Å². The molecule has 0 aliphatic carbocycles. The summed E-state index contributed by atoms with van der Waals surface area (Å²) >= 11 is 0. The van der Waals surface area contributed by atoms with E-state index in [-0.39, 0.29) is 0 Å². The van der Waals surface area contributed by atoms with Gasteiger partial charge < -0.3 is 9.40 Å². The molecule has 0 bridgehead atoms. The third-order valence-corrected chi connectivity index (χ3v) is 2.66. The Morgan fingerprint density at radius 3 is 2.74 bits per heavy atom. The summed E-state index contributed by atoms with van der Waals surface area (Å²) in [5.74, 6) is 0.933. The Bertz CT molecular complexity index is 740. The molecule has 5 heteroatoms. The quantitative estimate of drug-likeness (QED) is 0.522. The minimum atomic E-state index is 0.845. The SMILES string of the molecule is Cc1nc2ccncc2[nH]1.c1cc2ccoc2cn1. The molecule has 0 saturated carbocycles. The van der Waals surface area contributed by atoms with E-state index in [1.165, 1.54) is 0 Å². The number of pyridine rings is 2. The first kappa shape index (κ1) is 11.4. The fraction of sp³-hybridized carbons (Fsp3) is 0.0714. The molecule has 5 nitrogen and oxygen atoms in total. The van der Waals surface area contributed by atoms with Crippen molar-refractivity contribution in [3.05, 3.63) is 55.1 Å². The highest BCUT2D eigenvalue weighted by atomic mass is 16.3. The standard InChI is InChI=1S/C7H7N3.C7H5NO/c1-5-9-6-2-3-8-4-7(6)10-5;1-3-8-5-7-6(1)2-4-9-7/h2-4H,1H3,(H,9,10);1-5H. The Labute approximate surface area is 109 Å². The highest BCUT2D eigenvalue weighted by Crippen LogP contribution is 2.11. The van der Waals surface area contributed by atoms with Gasteiger partial charge in [-0.2, -0.15) is 0 Å². The van der Waals surface area contributed by atoms with Gasteiger partial charge in [0.1, 0.15) is 5.82 Å². The van der Waals surface area contributed by atoms with Gasteiger partial charge >= 0.3 is 0 Å². The maximum atomic E-state index is 5.06. The van der Waals surface area contributed by atoms with Crippen LogP contribution in [0.5, 0.6) is 0 Å². The van der Waals surface area contributed by atoms with Gasteiger partial charge in [0, 0.05) is 17.8 Å². The minimum Gasteiger partial charge on any atom is -0.463 e. The first-order valence-corrected chi connectivity index (χ1v) is 5.86. The molecule has 19 heavy (non-hydrogen) atoms. The zero-order valence-corrected chi connectivity index (χ0v) is 10.4. The van der Waals surface area contributed by atoms with Crippen molar-refractivity contribution < 1.29 is 4.42 Å². The number of hydrogen-bond acceptors (Lipinski definition) is 4. The lowest BCUT2D eigenvalue weighted by atomic mass is 10.3. The summed E-state index contributed by atoms with van der Waals surface area (Å²) in [4.78, 5) is 15.1. The fourth-order valence-corrected chi connectivity index (χ4v) is 1.79. The lowest BCUT2D eigenvalue weighted by molar-refractivity contribution is 0.614. The Balaban J connectivity index is 0.000000117. The van der Waals surface area contributed by atoms with Crippen LogP contribution in [0.4, 0.5) is 0 Å². The molecule has 0 unspecified atom stereocenters. The van der Waals surface area contributed by atoms with E-state index < -0.39 is 0 Å². The number of furan rings is 1. The van der Waals surface area contributed by atoms with E-state index in [0.29, 0.717) is 0 Å². The average Bonchev–Trinajstić information content (AvgIpc) is 3.03. The Morgan fingerprint density at radius 1 is 1.05 bits per heavy atom. The molecule has 4 heterocycles. The summed E-state index contributed by atoms with van der Waals surface area (Å²) in [6.45, 7) is 1.93. The van der Waals surface area contributed by atoms with Crippen molar-refractivity contribution in [2.45, 2.75) is 6.92 Å². The predicted molar refractivity (Wildman–Crippen MR) is 72.6 cm³/mol. The topological polar surface area (TPSA) is 67.6 Å². The van der Waals surface area contributed by atoms with Crippen LogP contribution in [-0.4, -0.2) is 19.9 Å². The molecule has 0 amide bonds. The van der Waals surface area contributed by atoms with Gasteiger partial charge in [0.2, 0.25) is 0 Å². The highest BCUT2D eigenvalue weighted by molar-refractivity contribution is 5.75. The zero-order valence-electron chi connectivity index (χ0n) is 10.4. The molecule has 0 spiro atoms. The van der Waals surface area contributed by atoms with Crippen LogP contribution in [0.15, 0.2) is 53.7 Å². The van der Waals surface area contributed by atoms with E-state index in [1.54, 1.807) is 31.1 Å². The van der Waals surface area contributed by atoms with Crippen molar-refractivity contribution in [1.29, 1.82) is 0 Å². The number of nitrogens with zero attached hydrogens (tertiary/aromatic N) is 3. The molecule has 0 radical (unpaired) electrons. The molecule has 4 aromatic heterocycles. The van der Waals surface area contributed by atoms with E-state index in [9.17, 15) is 0 Å². The lowest BCUT2D eigenvalue weighted by Gasteiger charge is -1.80. The predicted octanol–water partition coefficient (Wildman–Crippen LogP) is 3.09. The number of H-pyrrole nitrogens is 1. The number of rotatable bonds is 0. The zero-order chi connectivity index (χ0) is 13.1. The number of aromatic amines is 1. The van der Waals surface area contributed by atoms with Crippen LogP contribution in [0.3, 0.4) is 0 Å². The summed E-state index contributed by atoms with van der Waals surface area (Å²) in [7, 11) is 0. The second-order valence-electron chi connectivity index (χ2n) is 4.05. The molecule has 4 rings (SSSR count). The molecular formula is C14H12N4O. The highest BCUT2D eigenvalue weighted by Gasteiger charge is 1.95. The number of fused-ring (bicyclic) bond motifs is 2. The number of imidazole rings is 1. The van der Waals surface area contributed by atoms with Crippen molar-refractivity contribution in [2.75, 3.05) is 0 Å². The molecule has 0 saturated heterocycles. The summed E-state index contributed by atoms with van der Waals surface area (Å²) < 4.78 is 5.06. The maximum Gasteiger partial charge on any atom is 0.152 e. The normalized spacial score (nSPS) is 10.4. The number of aromatic nitrogens is 4. The van der Waals surface area contributed by atoms with E-state index >= 15 is 0 Å². The second kappa shape index (κ2) is 4.89. The molecule has 94 valence electrons. The molecule has 0 aliphatic rings. The maximum absolute atomic E-state index is 5.06.